The van der Waals surface area contributed by atoms with Gasteiger partial charge in [0.05, 0.1) is 0 Å². The molecular weight excluding hydrogens is 214 g/mol. The minimum atomic E-state index is -0.724. The highest BCUT2D eigenvalue weighted by Gasteiger charge is 2.21. The normalized spacial score (nSPS) is 17.2. The average molecular weight is 231 g/mol. The van der Waals surface area contributed by atoms with Crippen LogP contribution in [0.4, 0.5) is 0 Å². The fraction of sp³-hybridized carbons (Fsp3) is 0.357. The zero-order valence-corrected chi connectivity index (χ0v) is 9.75. The molecule has 17 heavy (non-hydrogen) atoms. The molecular formula is C14H17NO2. The van der Waals surface area contributed by atoms with Gasteiger partial charge in [0.25, 0.3) is 0 Å². The Balaban J connectivity index is 2.09. The van der Waals surface area contributed by atoms with Crippen molar-refractivity contribution in [1.29, 1.82) is 0 Å². The summed E-state index contributed by atoms with van der Waals surface area (Å²) in [7, 11) is 0. The van der Waals surface area contributed by atoms with Crippen LogP contribution in [0.25, 0.3) is 0 Å². The summed E-state index contributed by atoms with van der Waals surface area (Å²) < 4.78 is 0. The lowest BCUT2D eigenvalue weighted by molar-refractivity contribution is -0.137. The summed E-state index contributed by atoms with van der Waals surface area (Å²) in [6.45, 7) is 1.83. The van der Waals surface area contributed by atoms with Crippen LogP contribution < -0.4 is 0 Å². The maximum atomic E-state index is 10.7. The molecule has 0 aliphatic carbocycles. The molecule has 0 saturated heterocycles. The van der Waals surface area contributed by atoms with Crippen molar-refractivity contribution >= 4 is 5.97 Å². The largest absolute Gasteiger partial charge is 0.481 e. The van der Waals surface area contributed by atoms with Crippen molar-refractivity contribution in [2.45, 2.75) is 18.9 Å². The molecule has 0 saturated carbocycles. The van der Waals surface area contributed by atoms with Crippen molar-refractivity contribution in [2.75, 3.05) is 13.1 Å². The number of hydrogen-bond acceptors (Lipinski definition) is 2. The fourth-order valence-electron chi connectivity index (χ4n) is 2.24. The molecule has 3 heteroatoms. The predicted octanol–water partition coefficient (Wildman–Crippen LogP) is 2.46. The van der Waals surface area contributed by atoms with Gasteiger partial charge in [-0.3, -0.25) is 9.69 Å². The van der Waals surface area contributed by atoms with Gasteiger partial charge in [-0.05, 0) is 12.0 Å². The average Bonchev–Trinajstić information content (AvgIpc) is 2.84. The first kappa shape index (κ1) is 11.9. The molecule has 1 aliphatic rings. The van der Waals surface area contributed by atoms with E-state index in [0.29, 0.717) is 6.42 Å². The van der Waals surface area contributed by atoms with Crippen LogP contribution in [-0.2, 0) is 4.79 Å². The molecule has 0 aromatic heterocycles. The van der Waals surface area contributed by atoms with Gasteiger partial charge < -0.3 is 5.11 Å². The number of nitrogens with zero attached hydrogens (tertiary/aromatic N) is 1. The van der Waals surface area contributed by atoms with E-state index in [9.17, 15) is 4.79 Å². The molecule has 0 radical (unpaired) electrons. The van der Waals surface area contributed by atoms with E-state index in [4.69, 9.17) is 5.11 Å². The molecule has 3 nitrogen and oxygen atoms in total. The predicted molar refractivity (Wildman–Crippen MR) is 66.8 cm³/mol. The monoisotopic (exact) mass is 231 g/mol. The molecule has 2 rings (SSSR count). The Bertz CT molecular complexity index is 392. The number of aliphatic carboxylic acids is 1. The maximum absolute atomic E-state index is 10.7. The summed E-state index contributed by atoms with van der Waals surface area (Å²) in [6.07, 6.45) is 5.16. The second-order valence-electron chi connectivity index (χ2n) is 4.28. The Morgan fingerprint density at radius 1 is 1.24 bits per heavy atom. The summed E-state index contributed by atoms with van der Waals surface area (Å²) in [4.78, 5) is 13.0. The van der Waals surface area contributed by atoms with Crippen LogP contribution in [0.1, 0.15) is 24.4 Å². The zero-order chi connectivity index (χ0) is 12.1. The Labute approximate surface area is 101 Å². The molecule has 0 bridgehead atoms. The number of carboxylic acid groups (broad SMARTS) is 1. The summed E-state index contributed by atoms with van der Waals surface area (Å²) in [5, 5.41) is 8.82. The minimum absolute atomic E-state index is 0.210. The lowest BCUT2D eigenvalue weighted by Crippen LogP contribution is -2.26. The number of carbonyl (C=O) groups is 1. The minimum Gasteiger partial charge on any atom is -0.481 e. The first-order valence-electron chi connectivity index (χ1n) is 5.93. The van der Waals surface area contributed by atoms with E-state index in [1.807, 2.05) is 18.2 Å². The van der Waals surface area contributed by atoms with Crippen LogP contribution >= 0.6 is 0 Å². The van der Waals surface area contributed by atoms with Gasteiger partial charge in [0.2, 0.25) is 0 Å². The number of hydrogen-bond donors (Lipinski definition) is 1. The first-order chi connectivity index (χ1) is 8.27. The lowest BCUT2D eigenvalue weighted by Gasteiger charge is -2.27. The van der Waals surface area contributed by atoms with Crippen molar-refractivity contribution in [2.24, 2.45) is 0 Å². The van der Waals surface area contributed by atoms with Gasteiger partial charge in [-0.2, -0.15) is 0 Å². The van der Waals surface area contributed by atoms with Gasteiger partial charge in [0, 0.05) is 25.6 Å². The highest BCUT2D eigenvalue weighted by Crippen LogP contribution is 2.27. The molecule has 1 N–H and O–H groups in total. The van der Waals surface area contributed by atoms with Gasteiger partial charge in [0.15, 0.2) is 0 Å². The van der Waals surface area contributed by atoms with E-state index in [0.717, 1.165) is 13.1 Å². The van der Waals surface area contributed by atoms with E-state index in [2.05, 4.69) is 29.2 Å². The maximum Gasteiger partial charge on any atom is 0.303 e. The third-order valence-electron chi connectivity index (χ3n) is 3.10. The Morgan fingerprint density at radius 3 is 2.47 bits per heavy atom. The fourth-order valence-corrected chi connectivity index (χ4v) is 2.24. The summed E-state index contributed by atoms with van der Waals surface area (Å²) >= 11 is 0. The van der Waals surface area contributed by atoms with E-state index in [1.54, 1.807) is 0 Å². The molecule has 1 atom stereocenters. The van der Waals surface area contributed by atoms with Gasteiger partial charge in [-0.1, -0.05) is 42.5 Å². The topological polar surface area (TPSA) is 40.5 Å². The van der Waals surface area contributed by atoms with Crippen LogP contribution in [-0.4, -0.2) is 29.1 Å². The van der Waals surface area contributed by atoms with Crippen LogP contribution in [0.2, 0.25) is 0 Å². The van der Waals surface area contributed by atoms with Gasteiger partial charge in [-0.25, -0.2) is 0 Å². The molecule has 1 aliphatic heterocycles. The van der Waals surface area contributed by atoms with Crippen molar-refractivity contribution in [3.05, 3.63) is 48.0 Å². The zero-order valence-electron chi connectivity index (χ0n) is 9.75. The van der Waals surface area contributed by atoms with Crippen LogP contribution in [0.3, 0.4) is 0 Å². The number of rotatable bonds is 5. The Morgan fingerprint density at radius 2 is 1.88 bits per heavy atom. The quantitative estimate of drug-likeness (QED) is 0.791. The second-order valence-corrected chi connectivity index (χ2v) is 4.28. The highest BCUT2D eigenvalue weighted by atomic mass is 16.4. The molecule has 1 aromatic carbocycles. The second kappa shape index (κ2) is 5.64. The van der Waals surface area contributed by atoms with Gasteiger partial charge in [-0.15, -0.1) is 0 Å². The van der Waals surface area contributed by atoms with E-state index in [1.165, 1.54) is 5.56 Å². The SMILES string of the molecule is O=C(O)CCC(c1ccccc1)N1CC=CC1. The Hall–Kier alpha value is -1.61. The molecule has 0 amide bonds. The third kappa shape index (κ3) is 3.17. The third-order valence-corrected chi connectivity index (χ3v) is 3.10. The van der Waals surface area contributed by atoms with Crippen molar-refractivity contribution < 1.29 is 9.90 Å². The Kier molecular flexibility index (Phi) is 3.94. The van der Waals surface area contributed by atoms with Crippen molar-refractivity contribution in [3.8, 4) is 0 Å². The molecule has 1 aromatic rings. The van der Waals surface area contributed by atoms with Gasteiger partial charge in [0.1, 0.15) is 0 Å². The molecule has 90 valence electrons. The molecule has 0 fully saturated rings. The van der Waals surface area contributed by atoms with E-state index >= 15 is 0 Å². The standard InChI is InChI=1S/C14H17NO2/c16-14(17)9-8-13(15-10-4-5-11-15)12-6-2-1-3-7-12/h1-7,13H,8-11H2,(H,16,17). The lowest BCUT2D eigenvalue weighted by atomic mass is 10.0. The van der Waals surface area contributed by atoms with E-state index in [-0.39, 0.29) is 12.5 Å². The number of carboxylic acids is 1. The molecule has 1 unspecified atom stereocenters. The summed E-state index contributed by atoms with van der Waals surface area (Å²) in [6, 6.07) is 10.4. The van der Waals surface area contributed by atoms with Gasteiger partial charge >= 0.3 is 5.97 Å². The first-order valence-corrected chi connectivity index (χ1v) is 5.93. The summed E-state index contributed by atoms with van der Waals surface area (Å²) in [5.41, 5.74) is 1.21. The van der Waals surface area contributed by atoms with Crippen LogP contribution in [0, 0.1) is 0 Å². The number of benzene rings is 1. The van der Waals surface area contributed by atoms with Crippen LogP contribution in [0.15, 0.2) is 42.5 Å². The van der Waals surface area contributed by atoms with E-state index < -0.39 is 5.97 Å². The van der Waals surface area contributed by atoms with Crippen molar-refractivity contribution in [3.63, 3.8) is 0 Å². The molecule has 0 spiro atoms. The summed E-state index contributed by atoms with van der Waals surface area (Å²) in [5.74, 6) is -0.724. The molecule has 1 heterocycles. The van der Waals surface area contributed by atoms with Crippen molar-refractivity contribution in [1.82, 2.24) is 4.90 Å². The smallest absolute Gasteiger partial charge is 0.303 e. The highest BCUT2D eigenvalue weighted by molar-refractivity contribution is 5.66. The van der Waals surface area contributed by atoms with Crippen LogP contribution in [0.5, 0.6) is 0 Å².